The highest BCUT2D eigenvalue weighted by atomic mass is 16.5. The Bertz CT molecular complexity index is 878. The van der Waals surface area contributed by atoms with Crippen LogP contribution in [0.15, 0.2) is 48.5 Å². The zero-order chi connectivity index (χ0) is 19.4. The van der Waals surface area contributed by atoms with E-state index in [0.29, 0.717) is 29.9 Å². The molecule has 140 valence electrons. The lowest BCUT2D eigenvalue weighted by Crippen LogP contribution is -2.30. The normalized spacial score (nSPS) is 14.7. The van der Waals surface area contributed by atoms with E-state index < -0.39 is 18.0 Å². The van der Waals surface area contributed by atoms with Crippen molar-refractivity contribution >= 4 is 29.2 Å². The standard InChI is InChI=1S/C21H22N2O4/c1-14-6-3-8-17(12-14)22-20(25)15(2)27-21(26)16-7-4-9-18(13-16)23-11-5-10-19(23)24/h3-4,6-9,12-13,15H,5,10-11H2,1-2H3,(H,22,25)/t15-/m0/s1. The first-order valence-electron chi connectivity index (χ1n) is 8.93. The fourth-order valence-corrected chi connectivity index (χ4v) is 2.97. The van der Waals surface area contributed by atoms with Gasteiger partial charge in [0, 0.05) is 24.3 Å². The highest BCUT2D eigenvalue weighted by Crippen LogP contribution is 2.22. The first-order valence-corrected chi connectivity index (χ1v) is 8.93. The van der Waals surface area contributed by atoms with Crippen LogP contribution in [0.4, 0.5) is 11.4 Å². The molecule has 0 radical (unpaired) electrons. The maximum absolute atomic E-state index is 12.4. The zero-order valence-electron chi connectivity index (χ0n) is 15.4. The van der Waals surface area contributed by atoms with Crippen LogP contribution in [-0.2, 0) is 14.3 Å². The summed E-state index contributed by atoms with van der Waals surface area (Å²) in [7, 11) is 0. The number of anilines is 2. The van der Waals surface area contributed by atoms with E-state index in [1.54, 1.807) is 35.2 Å². The maximum Gasteiger partial charge on any atom is 0.338 e. The summed E-state index contributed by atoms with van der Waals surface area (Å²) < 4.78 is 5.29. The second-order valence-corrected chi connectivity index (χ2v) is 6.61. The van der Waals surface area contributed by atoms with Crippen molar-refractivity contribution in [2.45, 2.75) is 32.8 Å². The summed E-state index contributed by atoms with van der Waals surface area (Å²) in [6, 6.07) is 14.1. The summed E-state index contributed by atoms with van der Waals surface area (Å²) in [5.74, 6) is -0.957. The van der Waals surface area contributed by atoms with Crippen LogP contribution in [0.1, 0.15) is 35.7 Å². The number of nitrogens with zero attached hydrogens (tertiary/aromatic N) is 1. The van der Waals surface area contributed by atoms with Gasteiger partial charge in [0.1, 0.15) is 0 Å². The number of esters is 1. The minimum atomic E-state index is -0.949. The van der Waals surface area contributed by atoms with E-state index in [1.165, 1.54) is 6.92 Å². The van der Waals surface area contributed by atoms with Crippen molar-refractivity contribution in [3.05, 3.63) is 59.7 Å². The van der Waals surface area contributed by atoms with Crippen LogP contribution in [0, 0.1) is 6.92 Å². The number of benzene rings is 2. The SMILES string of the molecule is Cc1cccc(NC(=O)[C@H](C)OC(=O)c2cccc(N3CCCC3=O)c2)c1. The van der Waals surface area contributed by atoms with Crippen molar-refractivity contribution in [1.82, 2.24) is 0 Å². The molecule has 1 aliphatic rings. The molecule has 6 nitrogen and oxygen atoms in total. The zero-order valence-corrected chi connectivity index (χ0v) is 15.4. The van der Waals surface area contributed by atoms with Gasteiger partial charge in [-0.15, -0.1) is 0 Å². The molecular weight excluding hydrogens is 344 g/mol. The summed E-state index contributed by atoms with van der Waals surface area (Å²) in [5, 5.41) is 2.73. The molecule has 3 rings (SSSR count). The van der Waals surface area contributed by atoms with Gasteiger partial charge in [-0.05, 0) is 56.2 Å². The number of rotatable bonds is 5. The quantitative estimate of drug-likeness (QED) is 0.824. The summed E-state index contributed by atoms with van der Waals surface area (Å²) in [5.41, 5.74) is 2.65. The largest absolute Gasteiger partial charge is 0.449 e. The molecular formula is C21H22N2O4. The topological polar surface area (TPSA) is 75.7 Å². The number of amides is 2. The predicted molar refractivity (Wildman–Crippen MR) is 103 cm³/mol. The Morgan fingerprint density at radius 2 is 1.93 bits per heavy atom. The van der Waals surface area contributed by atoms with Crippen LogP contribution in [-0.4, -0.2) is 30.4 Å². The van der Waals surface area contributed by atoms with E-state index in [9.17, 15) is 14.4 Å². The fourth-order valence-electron chi connectivity index (χ4n) is 2.97. The Balaban J connectivity index is 1.64. The molecule has 6 heteroatoms. The van der Waals surface area contributed by atoms with Gasteiger partial charge in [-0.25, -0.2) is 4.79 Å². The summed E-state index contributed by atoms with van der Waals surface area (Å²) in [6.45, 7) is 4.10. The van der Waals surface area contributed by atoms with Crippen molar-refractivity contribution in [2.24, 2.45) is 0 Å². The molecule has 1 heterocycles. The molecule has 27 heavy (non-hydrogen) atoms. The van der Waals surface area contributed by atoms with E-state index in [-0.39, 0.29) is 5.91 Å². The number of hydrogen-bond acceptors (Lipinski definition) is 4. The van der Waals surface area contributed by atoms with Gasteiger partial charge in [0.05, 0.1) is 5.56 Å². The van der Waals surface area contributed by atoms with Crippen LogP contribution < -0.4 is 10.2 Å². The monoisotopic (exact) mass is 366 g/mol. The highest BCUT2D eigenvalue weighted by molar-refractivity contribution is 5.99. The van der Waals surface area contributed by atoms with Gasteiger partial charge >= 0.3 is 5.97 Å². The smallest absolute Gasteiger partial charge is 0.338 e. The average molecular weight is 366 g/mol. The third-order valence-electron chi connectivity index (χ3n) is 4.41. The molecule has 1 atom stereocenters. The van der Waals surface area contributed by atoms with Gasteiger partial charge in [-0.1, -0.05) is 18.2 Å². The van der Waals surface area contributed by atoms with E-state index in [4.69, 9.17) is 4.74 Å². The van der Waals surface area contributed by atoms with Crippen molar-refractivity contribution in [2.75, 3.05) is 16.8 Å². The van der Waals surface area contributed by atoms with E-state index in [2.05, 4.69) is 5.32 Å². The minimum Gasteiger partial charge on any atom is -0.449 e. The second kappa shape index (κ2) is 8.03. The molecule has 2 aromatic carbocycles. The van der Waals surface area contributed by atoms with E-state index >= 15 is 0 Å². The molecule has 1 aliphatic heterocycles. The Morgan fingerprint density at radius 3 is 2.63 bits per heavy atom. The number of ether oxygens (including phenoxy) is 1. The van der Waals surface area contributed by atoms with Crippen molar-refractivity contribution in [3.8, 4) is 0 Å². The molecule has 1 saturated heterocycles. The number of nitrogens with one attached hydrogen (secondary N) is 1. The Hall–Kier alpha value is -3.15. The first-order chi connectivity index (χ1) is 12.9. The number of aryl methyl sites for hydroxylation is 1. The molecule has 0 aromatic heterocycles. The average Bonchev–Trinajstić information content (AvgIpc) is 3.07. The van der Waals surface area contributed by atoms with Crippen LogP contribution >= 0.6 is 0 Å². The maximum atomic E-state index is 12.4. The van der Waals surface area contributed by atoms with Crippen molar-refractivity contribution < 1.29 is 19.1 Å². The summed E-state index contributed by atoms with van der Waals surface area (Å²) >= 11 is 0. The van der Waals surface area contributed by atoms with Crippen molar-refractivity contribution in [3.63, 3.8) is 0 Å². The van der Waals surface area contributed by atoms with Crippen LogP contribution in [0.25, 0.3) is 0 Å². The van der Waals surface area contributed by atoms with Crippen LogP contribution in [0.3, 0.4) is 0 Å². The molecule has 2 amide bonds. The molecule has 0 bridgehead atoms. The summed E-state index contributed by atoms with van der Waals surface area (Å²) in [6.07, 6.45) is 0.379. The van der Waals surface area contributed by atoms with Crippen LogP contribution in [0.5, 0.6) is 0 Å². The molecule has 0 saturated carbocycles. The third-order valence-corrected chi connectivity index (χ3v) is 4.41. The number of carbonyl (C=O) groups is 3. The van der Waals surface area contributed by atoms with Gasteiger partial charge in [0.2, 0.25) is 5.91 Å². The fraction of sp³-hybridized carbons (Fsp3) is 0.286. The Morgan fingerprint density at radius 1 is 1.15 bits per heavy atom. The number of carbonyl (C=O) groups excluding carboxylic acids is 3. The second-order valence-electron chi connectivity index (χ2n) is 6.61. The molecule has 1 N–H and O–H groups in total. The van der Waals surface area contributed by atoms with E-state index in [0.717, 1.165) is 12.0 Å². The molecule has 0 spiro atoms. The molecule has 1 fully saturated rings. The van der Waals surface area contributed by atoms with Gasteiger partial charge in [0.15, 0.2) is 6.10 Å². The van der Waals surface area contributed by atoms with Gasteiger partial charge < -0.3 is 15.0 Å². The first kappa shape index (κ1) is 18.6. The Kier molecular flexibility index (Phi) is 5.54. The molecule has 0 aliphatic carbocycles. The minimum absolute atomic E-state index is 0.0476. The lowest BCUT2D eigenvalue weighted by Gasteiger charge is -2.17. The van der Waals surface area contributed by atoms with Crippen LogP contribution in [0.2, 0.25) is 0 Å². The summed E-state index contributed by atoms with van der Waals surface area (Å²) in [4.78, 5) is 38.2. The molecule has 2 aromatic rings. The molecule has 0 unspecified atom stereocenters. The predicted octanol–water partition coefficient (Wildman–Crippen LogP) is 3.31. The lowest BCUT2D eigenvalue weighted by molar-refractivity contribution is -0.123. The number of hydrogen-bond donors (Lipinski definition) is 1. The van der Waals surface area contributed by atoms with Gasteiger partial charge in [0.25, 0.3) is 5.91 Å². The lowest BCUT2D eigenvalue weighted by atomic mass is 10.2. The van der Waals surface area contributed by atoms with Crippen molar-refractivity contribution in [1.29, 1.82) is 0 Å². The van der Waals surface area contributed by atoms with Gasteiger partial charge in [-0.3, -0.25) is 9.59 Å². The highest BCUT2D eigenvalue weighted by Gasteiger charge is 2.23. The van der Waals surface area contributed by atoms with Gasteiger partial charge in [-0.2, -0.15) is 0 Å². The Labute approximate surface area is 158 Å². The third kappa shape index (κ3) is 4.53. The van der Waals surface area contributed by atoms with E-state index in [1.807, 2.05) is 25.1 Å².